The van der Waals surface area contributed by atoms with E-state index < -0.39 is 0 Å². The van der Waals surface area contributed by atoms with Gasteiger partial charge in [0.15, 0.2) is 0 Å². The van der Waals surface area contributed by atoms with Crippen LogP contribution in [0.5, 0.6) is 5.75 Å². The van der Waals surface area contributed by atoms with Gasteiger partial charge in [0.2, 0.25) is 5.91 Å². The van der Waals surface area contributed by atoms with Gasteiger partial charge in [-0.25, -0.2) is 9.97 Å². The highest BCUT2D eigenvalue weighted by molar-refractivity contribution is 5.79. The number of amides is 1. The summed E-state index contributed by atoms with van der Waals surface area (Å²) >= 11 is 0. The Morgan fingerprint density at radius 3 is 2.59 bits per heavy atom. The van der Waals surface area contributed by atoms with Crippen LogP contribution in [0.2, 0.25) is 0 Å². The van der Waals surface area contributed by atoms with Crippen molar-refractivity contribution in [3.8, 4) is 16.9 Å². The maximum atomic E-state index is 12.7. The molecule has 3 heterocycles. The summed E-state index contributed by atoms with van der Waals surface area (Å²) in [4.78, 5) is 27.2. The molecular weight excluding hydrogens is 368 g/mol. The molecule has 0 bridgehead atoms. The minimum atomic E-state index is -0.232. The van der Waals surface area contributed by atoms with Crippen molar-refractivity contribution in [2.75, 3.05) is 26.8 Å². The summed E-state index contributed by atoms with van der Waals surface area (Å²) in [5.41, 5.74) is 3.63. The standard InChI is InChI=1S/C22H22N4O3/c1-28-19-5-2-16(3-6-19)10-22(27)26-8-9-29-21(14-26)20-7-4-17(13-25-20)18-11-23-15-24-12-18/h2-7,11-13,15,21H,8-10,14H2,1H3. The van der Waals surface area contributed by atoms with Crippen molar-refractivity contribution in [2.24, 2.45) is 0 Å². The topological polar surface area (TPSA) is 77.4 Å². The molecule has 1 aromatic carbocycles. The van der Waals surface area contributed by atoms with Gasteiger partial charge >= 0.3 is 0 Å². The van der Waals surface area contributed by atoms with E-state index in [4.69, 9.17) is 9.47 Å². The van der Waals surface area contributed by atoms with Crippen LogP contribution in [-0.4, -0.2) is 52.6 Å². The minimum Gasteiger partial charge on any atom is -0.497 e. The molecule has 7 nitrogen and oxygen atoms in total. The summed E-state index contributed by atoms with van der Waals surface area (Å²) in [7, 11) is 1.63. The molecule has 29 heavy (non-hydrogen) atoms. The first-order valence-electron chi connectivity index (χ1n) is 9.46. The number of rotatable bonds is 5. The number of carbonyl (C=O) groups excluding carboxylic acids is 1. The van der Waals surface area contributed by atoms with Crippen LogP contribution in [0.25, 0.3) is 11.1 Å². The van der Waals surface area contributed by atoms with E-state index in [1.54, 1.807) is 25.7 Å². The molecule has 1 aliphatic heterocycles. The highest BCUT2D eigenvalue weighted by Gasteiger charge is 2.26. The predicted molar refractivity (Wildman–Crippen MR) is 107 cm³/mol. The summed E-state index contributed by atoms with van der Waals surface area (Å²) in [5.74, 6) is 0.866. The number of nitrogens with zero attached hydrogens (tertiary/aromatic N) is 4. The average Bonchev–Trinajstić information content (AvgIpc) is 2.80. The number of hydrogen-bond acceptors (Lipinski definition) is 6. The lowest BCUT2D eigenvalue weighted by Gasteiger charge is -2.32. The quantitative estimate of drug-likeness (QED) is 0.667. The van der Waals surface area contributed by atoms with Crippen molar-refractivity contribution in [3.05, 3.63) is 72.6 Å². The molecule has 1 amide bonds. The molecule has 0 saturated carbocycles. The molecule has 1 aliphatic rings. The SMILES string of the molecule is COc1ccc(CC(=O)N2CCOC(c3ccc(-c4cncnc4)cn3)C2)cc1. The summed E-state index contributed by atoms with van der Waals surface area (Å²) in [5, 5.41) is 0. The van der Waals surface area contributed by atoms with Gasteiger partial charge in [-0.05, 0) is 23.8 Å². The molecule has 0 N–H and O–H groups in total. The van der Waals surface area contributed by atoms with Crippen LogP contribution in [0.4, 0.5) is 0 Å². The third kappa shape index (κ3) is 4.57. The Bertz CT molecular complexity index is 946. The van der Waals surface area contributed by atoms with Gasteiger partial charge < -0.3 is 14.4 Å². The second kappa shape index (κ2) is 8.79. The van der Waals surface area contributed by atoms with Gasteiger partial charge in [0.05, 0.1) is 32.4 Å². The molecule has 0 spiro atoms. The Labute approximate surface area is 169 Å². The van der Waals surface area contributed by atoms with Gasteiger partial charge in [-0.1, -0.05) is 18.2 Å². The first-order chi connectivity index (χ1) is 14.2. The number of morpholine rings is 1. The molecule has 1 fully saturated rings. The van der Waals surface area contributed by atoms with E-state index >= 15 is 0 Å². The molecule has 7 heteroatoms. The fourth-order valence-corrected chi connectivity index (χ4v) is 3.30. The summed E-state index contributed by atoms with van der Waals surface area (Å²) in [6.45, 7) is 1.58. The van der Waals surface area contributed by atoms with E-state index in [1.165, 1.54) is 6.33 Å². The van der Waals surface area contributed by atoms with Crippen molar-refractivity contribution in [3.63, 3.8) is 0 Å². The van der Waals surface area contributed by atoms with Gasteiger partial charge in [-0.15, -0.1) is 0 Å². The molecule has 0 aliphatic carbocycles. The summed E-state index contributed by atoms with van der Waals surface area (Å²) in [6.07, 6.45) is 6.91. The predicted octanol–water partition coefficient (Wildman–Crippen LogP) is 2.69. The number of hydrogen-bond donors (Lipinski definition) is 0. The van der Waals surface area contributed by atoms with Crippen LogP contribution < -0.4 is 4.74 Å². The second-order valence-corrected chi connectivity index (χ2v) is 6.82. The van der Waals surface area contributed by atoms with Crippen LogP contribution in [0.15, 0.2) is 61.3 Å². The van der Waals surface area contributed by atoms with Crippen LogP contribution in [0.3, 0.4) is 0 Å². The Balaban J connectivity index is 1.40. The van der Waals surface area contributed by atoms with E-state index in [0.717, 1.165) is 28.1 Å². The molecular formula is C22H22N4O3. The van der Waals surface area contributed by atoms with E-state index in [0.29, 0.717) is 26.1 Å². The Hall–Kier alpha value is -3.32. The smallest absolute Gasteiger partial charge is 0.227 e. The van der Waals surface area contributed by atoms with Crippen molar-refractivity contribution >= 4 is 5.91 Å². The number of methoxy groups -OCH3 is 1. The maximum Gasteiger partial charge on any atom is 0.227 e. The minimum absolute atomic E-state index is 0.0847. The van der Waals surface area contributed by atoms with Crippen LogP contribution in [0.1, 0.15) is 17.4 Å². The molecule has 1 saturated heterocycles. The lowest BCUT2D eigenvalue weighted by Crippen LogP contribution is -2.43. The molecule has 0 radical (unpaired) electrons. The zero-order chi connectivity index (χ0) is 20.1. The van der Waals surface area contributed by atoms with E-state index in [-0.39, 0.29) is 12.0 Å². The van der Waals surface area contributed by atoms with Gasteiger partial charge in [-0.2, -0.15) is 0 Å². The van der Waals surface area contributed by atoms with Crippen molar-refractivity contribution in [1.29, 1.82) is 0 Å². The molecule has 2 aromatic heterocycles. The zero-order valence-electron chi connectivity index (χ0n) is 16.2. The first-order valence-corrected chi connectivity index (χ1v) is 9.46. The van der Waals surface area contributed by atoms with Gasteiger partial charge in [0.1, 0.15) is 18.2 Å². The summed E-state index contributed by atoms with van der Waals surface area (Å²) in [6, 6.07) is 11.5. The molecule has 1 unspecified atom stereocenters. The van der Waals surface area contributed by atoms with Gasteiger partial charge in [0.25, 0.3) is 0 Å². The lowest BCUT2D eigenvalue weighted by molar-refractivity contribution is -0.138. The zero-order valence-corrected chi connectivity index (χ0v) is 16.2. The maximum absolute atomic E-state index is 12.7. The highest BCUT2D eigenvalue weighted by atomic mass is 16.5. The van der Waals surface area contributed by atoms with Crippen molar-refractivity contribution < 1.29 is 14.3 Å². The molecule has 148 valence electrons. The fourth-order valence-electron chi connectivity index (χ4n) is 3.30. The third-order valence-corrected chi connectivity index (χ3v) is 4.94. The normalized spacial score (nSPS) is 16.4. The third-order valence-electron chi connectivity index (χ3n) is 4.94. The van der Waals surface area contributed by atoms with Crippen LogP contribution in [-0.2, 0) is 16.0 Å². The van der Waals surface area contributed by atoms with E-state index in [2.05, 4.69) is 15.0 Å². The molecule has 3 aromatic rings. The second-order valence-electron chi connectivity index (χ2n) is 6.82. The number of pyridine rings is 1. The van der Waals surface area contributed by atoms with E-state index in [1.807, 2.05) is 41.3 Å². The first kappa shape index (κ1) is 19.0. The number of ether oxygens (including phenoxy) is 2. The monoisotopic (exact) mass is 390 g/mol. The number of benzene rings is 1. The molecule has 1 atom stereocenters. The van der Waals surface area contributed by atoms with Crippen LogP contribution in [0, 0.1) is 0 Å². The summed E-state index contributed by atoms with van der Waals surface area (Å²) < 4.78 is 11.0. The lowest BCUT2D eigenvalue weighted by atomic mass is 10.1. The number of aromatic nitrogens is 3. The van der Waals surface area contributed by atoms with Crippen LogP contribution >= 0.6 is 0 Å². The average molecular weight is 390 g/mol. The van der Waals surface area contributed by atoms with Crippen molar-refractivity contribution in [2.45, 2.75) is 12.5 Å². The number of carbonyl (C=O) groups is 1. The van der Waals surface area contributed by atoms with Gasteiger partial charge in [-0.3, -0.25) is 9.78 Å². The largest absolute Gasteiger partial charge is 0.497 e. The Kier molecular flexibility index (Phi) is 5.76. The Morgan fingerprint density at radius 2 is 1.90 bits per heavy atom. The van der Waals surface area contributed by atoms with Gasteiger partial charge in [0, 0.05) is 36.3 Å². The van der Waals surface area contributed by atoms with E-state index in [9.17, 15) is 4.79 Å². The fraction of sp³-hybridized carbons (Fsp3) is 0.273. The van der Waals surface area contributed by atoms with Crippen molar-refractivity contribution in [1.82, 2.24) is 19.9 Å². The molecule has 4 rings (SSSR count). The Morgan fingerprint density at radius 1 is 1.10 bits per heavy atom. The highest BCUT2D eigenvalue weighted by Crippen LogP contribution is 2.24.